The largest absolute Gasteiger partial charge is 0.467 e. The molecule has 33 heavy (non-hydrogen) atoms. The first-order chi connectivity index (χ1) is 16.1. The standard InChI is InChI=1S/C25H26ClN5O2/c1-18(29-12-14-30(15-13-29)24-6-2-3-11-27-24)25(32)31-22(23-5-4-16-33-23)17-21(28-31)19-7-9-20(26)10-8-19/h2-11,16,18,22H,12-15,17H2,1H3/t18-,22+/m0/s1. The van der Waals surface area contributed by atoms with E-state index in [0.717, 1.165) is 49.0 Å². The average Bonchev–Trinajstić information content (AvgIpc) is 3.55. The Morgan fingerprint density at radius 1 is 1.06 bits per heavy atom. The fourth-order valence-corrected chi connectivity index (χ4v) is 4.59. The number of hydrogen-bond donors (Lipinski definition) is 0. The molecule has 2 aliphatic rings. The molecule has 0 unspecified atom stereocenters. The number of furan rings is 1. The van der Waals surface area contributed by atoms with E-state index < -0.39 is 0 Å². The highest BCUT2D eigenvalue weighted by atomic mass is 35.5. The molecule has 1 amide bonds. The average molecular weight is 464 g/mol. The normalized spacial score (nSPS) is 20.1. The van der Waals surface area contributed by atoms with E-state index >= 15 is 0 Å². The Kier molecular flexibility index (Phi) is 6.15. The van der Waals surface area contributed by atoms with Crippen LogP contribution in [0.25, 0.3) is 0 Å². The van der Waals surface area contributed by atoms with Crippen LogP contribution in [0.3, 0.4) is 0 Å². The monoisotopic (exact) mass is 463 g/mol. The number of benzene rings is 1. The lowest BCUT2D eigenvalue weighted by molar-refractivity contribution is -0.138. The van der Waals surface area contributed by atoms with Crippen LogP contribution in [0, 0.1) is 0 Å². The van der Waals surface area contributed by atoms with Crippen LogP contribution in [0.4, 0.5) is 5.82 Å². The molecule has 1 aromatic carbocycles. The summed E-state index contributed by atoms with van der Waals surface area (Å²) in [4.78, 5) is 22.5. The summed E-state index contributed by atoms with van der Waals surface area (Å²) in [6.45, 7) is 5.20. The summed E-state index contributed by atoms with van der Waals surface area (Å²) in [5.74, 6) is 1.70. The van der Waals surface area contributed by atoms with E-state index in [2.05, 4.69) is 14.8 Å². The summed E-state index contributed by atoms with van der Waals surface area (Å²) < 4.78 is 5.67. The second-order valence-corrected chi connectivity index (χ2v) is 8.80. The summed E-state index contributed by atoms with van der Waals surface area (Å²) in [6, 6.07) is 16.7. The van der Waals surface area contributed by atoms with E-state index in [-0.39, 0.29) is 18.0 Å². The zero-order valence-electron chi connectivity index (χ0n) is 18.5. The minimum atomic E-state index is -0.290. The van der Waals surface area contributed by atoms with Crippen LogP contribution < -0.4 is 4.90 Å². The minimum Gasteiger partial charge on any atom is -0.467 e. The fraction of sp³-hybridized carbons (Fsp3) is 0.320. The van der Waals surface area contributed by atoms with Crippen LogP contribution in [0.15, 0.2) is 76.6 Å². The molecule has 0 N–H and O–H groups in total. The van der Waals surface area contributed by atoms with Gasteiger partial charge < -0.3 is 9.32 Å². The SMILES string of the molecule is C[C@@H](C(=O)N1N=C(c2ccc(Cl)cc2)C[C@@H]1c1ccco1)N1CCN(c2ccccn2)CC1. The molecule has 4 heterocycles. The van der Waals surface area contributed by atoms with E-state index in [0.29, 0.717) is 11.4 Å². The Bertz CT molecular complexity index is 1110. The van der Waals surface area contributed by atoms with E-state index in [1.807, 2.05) is 67.7 Å². The Morgan fingerprint density at radius 3 is 2.52 bits per heavy atom. The number of amides is 1. The van der Waals surface area contributed by atoms with Gasteiger partial charge in [-0.25, -0.2) is 9.99 Å². The third-order valence-electron chi connectivity index (χ3n) is 6.38. The van der Waals surface area contributed by atoms with Crippen LogP contribution in [0.2, 0.25) is 5.02 Å². The number of aromatic nitrogens is 1. The highest BCUT2D eigenvalue weighted by molar-refractivity contribution is 6.30. The summed E-state index contributed by atoms with van der Waals surface area (Å²) in [7, 11) is 0. The first-order valence-corrected chi connectivity index (χ1v) is 11.6. The van der Waals surface area contributed by atoms with Crippen molar-refractivity contribution >= 4 is 29.0 Å². The number of piperazine rings is 1. The number of hydrogen-bond acceptors (Lipinski definition) is 6. The van der Waals surface area contributed by atoms with Crippen molar-refractivity contribution in [2.24, 2.45) is 5.10 Å². The van der Waals surface area contributed by atoms with Gasteiger partial charge in [0.05, 0.1) is 18.0 Å². The van der Waals surface area contributed by atoms with Crippen LogP contribution >= 0.6 is 11.6 Å². The minimum absolute atomic E-state index is 0.0216. The van der Waals surface area contributed by atoms with Crippen molar-refractivity contribution in [1.82, 2.24) is 14.9 Å². The highest BCUT2D eigenvalue weighted by Crippen LogP contribution is 2.34. The van der Waals surface area contributed by atoms with Crippen molar-refractivity contribution in [3.8, 4) is 0 Å². The smallest absolute Gasteiger partial charge is 0.260 e. The third-order valence-corrected chi connectivity index (χ3v) is 6.63. The van der Waals surface area contributed by atoms with Crippen molar-refractivity contribution in [2.45, 2.75) is 25.4 Å². The van der Waals surface area contributed by atoms with Gasteiger partial charge >= 0.3 is 0 Å². The number of halogens is 1. The Balaban J connectivity index is 1.32. The van der Waals surface area contributed by atoms with Gasteiger partial charge in [-0.1, -0.05) is 29.8 Å². The van der Waals surface area contributed by atoms with Crippen molar-refractivity contribution in [1.29, 1.82) is 0 Å². The molecule has 0 aliphatic carbocycles. The molecular formula is C25H26ClN5O2. The molecule has 0 spiro atoms. The molecule has 0 saturated carbocycles. The van der Waals surface area contributed by atoms with Gasteiger partial charge in [0, 0.05) is 43.8 Å². The number of rotatable bonds is 5. The molecule has 3 aromatic rings. The van der Waals surface area contributed by atoms with Gasteiger partial charge in [-0.15, -0.1) is 0 Å². The van der Waals surface area contributed by atoms with Crippen LogP contribution in [0.5, 0.6) is 0 Å². The summed E-state index contributed by atoms with van der Waals surface area (Å²) in [5.41, 5.74) is 1.82. The third kappa shape index (κ3) is 4.51. The van der Waals surface area contributed by atoms with Gasteiger partial charge in [-0.05, 0) is 48.9 Å². The lowest BCUT2D eigenvalue weighted by Crippen LogP contribution is -2.54. The van der Waals surface area contributed by atoms with Gasteiger partial charge in [-0.2, -0.15) is 5.10 Å². The van der Waals surface area contributed by atoms with Crippen molar-refractivity contribution in [2.75, 3.05) is 31.1 Å². The zero-order valence-corrected chi connectivity index (χ0v) is 19.2. The topological polar surface area (TPSA) is 65.2 Å². The van der Waals surface area contributed by atoms with E-state index in [1.165, 1.54) is 0 Å². The first-order valence-electron chi connectivity index (χ1n) is 11.2. The highest BCUT2D eigenvalue weighted by Gasteiger charge is 2.38. The number of pyridine rings is 1. The number of hydrazone groups is 1. The molecule has 7 nitrogen and oxygen atoms in total. The number of nitrogens with zero attached hydrogens (tertiary/aromatic N) is 5. The van der Waals surface area contributed by atoms with Crippen molar-refractivity contribution in [3.63, 3.8) is 0 Å². The molecule has 2 aromatic heterocycles. The van der Waals surface area contributed by atoms with Gasteiger partial charge in [0.25, 0.3) is 5.91 Å². The van der Waals surface area contributed by atoms with Gasteiger partial charge in [0.2, 0.25) is 0 Å². The molecule has 2 aliphatic heterocycles. The molecule has 5 rings (SSSR count). The van der Waals surface area contributed by atoms with Crippen LogP contribution in [-0.4, -0.2) is 58.7 Å². The van der Waals surface area contributed by atoms with Crippen molar-refractivity contribution < 1.29 is 9.21 Å². The molecule has 0 radical (unpaired) electrons. The van der Waals surface area contributed by atoms with E-state index in [4.69, 9.17) is 21.1 Å². The summed E-state index contributed by atoms with van der Waals surface area (Å²) in [6.07, 6.45) is 4.05. The molecular weight excluding hydrogens is 438 g/mol. The van der Waals surface area contributed by atoms with Crippen LogP contribution in [-0.2, 0) is 4.79 Å². The fourth-order valence-electron chi connectivity index (χ4n) is 4.46. The predicted octanol–water partition coefficient (Wildman–Crippen LogP) is 4.22. The Hall–Kier alpha value is -3.16. The second kappa shape index (κ2) is 9.37. The maximum atomic E-state index is 13.6. The second-order valence-electron chi connectivity index (χ2n) is 8.36. The van der Waals surface area contributed by atoms with Gasteiger partial charge in [-0.3, -0.25) is 9.69 Å². The maximum absolute atomic E-state index is 13.6. The summed E-state index contributed by atoms with van der Waals surface area (Å²) >= 11 is 6.05. The van der Waals surface area contributed by atoms with E-state index in [1.54, 1.807) is 11.3 Å². The Morgan fingerprint density at radius 2 is 1.85 bits per heavy atom. The molecule has 0 bridgehead atoms. The molecule has 1 fully saturated rings. The predicted molar refractivity (Wildman–Crippen MR) is 128 cm³/mol. The van der Waals surface area contributed by atoms with Gasteiger partial charge in [0.15, 0.2) is 0 Å². The van der Waals surface area contributed by atoms with Crippen molar-refractivity contribution in [3.05, 3.63) is 83.4 Å². The lowest BCUT2D eigenvalue weighted by atomic mass is 10.0. The molecule has 170 valence electrons. The zero-order chi connectivity index (χ0) is 22.8. The molecule has 1 saturated heterocycles. The molecule has 2 atom stereocenters. The lowest BCUT2D eigenvalue weighted by Gasteiger charge is -2.38. The summed E-state index contributed by atoms with van der Waals surface area (Å²) in [5, 5.41) is 7.04. The van der Waals surface area contributed by atoms with E-state index in [9.17, 15) is 4.79 Å². The van der Waals surface area contributed by atoms with Gasteiger partial charge in [0.1, 0.15) is 17.6 Å². The number of anilines is 1. The Labute approximate surface area is 198 Å². The quantitative estimate of drug-likeness (QED) is 0.567. The molecule has 8 heteroatoms. The number of carbonyl (C=O) groups excluding carboxylic acids is 1. The maximum Gasteiger partial charge on any atom is 0.260 e. The number of carbonyl (C=O) groups is 1. The first kappa shape index (κ1) is 21.7. The van der Waals surface area contributed by atoms with Crippen LogP contribution in [0.1, 0.15) is 30.7 Å².